The summed E-state index contributed by atoms with van der Waals surface area (Å²) in [4.78, 5) is 29.2. The molecule has 29 heavy (non-hydrogen) atoms. The molecule has 0 amide bonds. The van der Waals surface area contributed by atoms with Crippen LogP contribution in [-0.2, 0) is 12.8 Å². The lowest BCUT2D eigenvalue weighted by molar-refractivity contribution is 0.0976. The Morgan fingerprint density at radius 3 is 2.69 bits per heavy atom. The van der Waals surface area contributed by atoms with Gasteiger partial charge in [-0.15, -0.1) is 4.73 Å². The number of anilines is 1. The van der Waals surface area contributed by atoms with Gasteiger partial charge in [-0.2, -0.15) is 0 Å². The smallest absolute Gasteiger partial charge is 0.297 e. The van der Waals surface area contributed by atoms with E-state index in [4.69, 9.17) is 5.73 Å². The summed E-state index contributed by atoms with van der Waals surface area (Å²) in [5.41, 5.74) is 5.67. The summed E-state index contributed by atoms with van der Waals surface area (Å²) in [6.07, 6.45) is 3.95. The average Bonchev–Trinajstić information content (AvgIpc) is 2.70. The van der Waals surface area contributed by atoms with Crippen LogP contribution in [0.15, 0.2) is 35.3 Å². The average molecular weight is 401 g/mol. The predicted molar refractivity (Wildman–Crippen MR) is 105 cm³/mol. The maximum Gasteiger partial charge on any atom is 0.297 e. The first-order valence-corrected chi connectivity index (χ1v) is 9.33. The lowest BCUT2D eigenvalue weighted by atomic mass is 10.00. The lowest BCUT2D eigenvalue weighted by Crippen LogP contribution is -2.28. The number of aromatic nitrogens is 2. The van der Waals surface area contributed by atoms with Crippen LogP contribution in [0.1, 0.15) is 47.7 Å². The number of fused-ring (bicyclic) bond motifs is 1. The van der Waals surface area contributed by atoms with Crippen molar-refractivity contribution in [3.63, 3.8) is 0 Å². The summed E-state index contributed by atoms with van der Waals surface area (Å²) in [5.74, 6) is -2.13. The number of ketones is 1. The number of nitrogen functional groups attached to an aromatic ring is 1. The monoisotopic (exact) mass is 401 g/mol. The molecule has 1 aromatic carbocycles. The van der Waals surface area contributed by atoms with Gasteiger partial charge in [0.05, 0.1) is 5.69 Å². The number of Topliss-reactive ketones (excluding diaryl/α,β-unsaturated/α-hetero) is 1. The zero-order valence-electron chi connectivity index (χ0n) is 15.9. The van der Waals surface area contributed by atoms with Gasteiger partial charge in [0.2, 0.25) is 0 Å². The summed E-state index contributed by atoms with van der Waals surface area (Å²) in [6.45, 7) is 2.05. The molecule has 0 aliphatic heterocycles. The Morgan fingerprint density at radius 1 is 1.24 bits per heavy atom. The minimum atomic E-state index is -0.978. The number of hydrogen-bond acceptors (Lipinski definition) is 5. The van der Waals surface area contributed by atoms with Gasteiger partial charge in [0.15, 0.2) is 11.4 Å². The van der Waals surface area contributed by atoms with Crippen molar-refractivity contribution in [2.75, 3.05) is 5.73 Å². The number of nitrogens with two attached hydrogens (primary N) is 1. The van der Waals surface area contributed by atoms with Crippen molar-refractivity contribution in [3.8, 4) is 0 Å². The van der Waals surface area contributed by atoms with E-state index in [1.54, 1.807) is 12.3 Å². The minimum Gasteiger partial charge on any atom is -0.423 e. The number of pyridine rings is 2. The van der Waals surface area contributed by atoms with Gasteiger partial charge in [-0.1, -0.05) is 19.4 Å². The van der Waals surface area contributed by atoms with Crippen molar-refractivity contribution >= 4 is 22.5 Å². The number of rotatable bonds is 7. The molecule has 0 bridgehead atoms. The van der Waals surface area contributed by atoms with Crippen molar-refractivity contribution < 1.29 is 18.8 Å². The van der Waals surface area contributed by atoms with Crippen LogP contribution < -0.4 is 11.3 Å². The minimum absolute atomic E-state index is 0.0334. The molecule has 0 fully saturated rings. The standard InChI is InChI=1S/C21H21F2N3O3/c1-2-3-4-12-9-15-19(24)18(21(28)26(29)20(15)25-11-12)17(27)8-6-13-5-7-14(22)10-16(13)23/h5,7,9-11,29H,2-4,6,8,24H2,1H3. The zero-order chi connectivity index (χ0) is 21.1. The van der Waals surface area contributed by atoms with E-state index in [-0.39, 0.29) is 35.3 Å². The van der Waals surface area contributed by atoms with E-state index in [0.717, 1.165) is 37.0 Å². The Balaban J connectivity index is 1.96. The third-order valence-electron chi connectivity index (χ3n) is 4.82. The van der Waals surface area contributed by atoms with Gasteiger partial charge in [0.25, 0.3) is 5.56 Å². The van der Waals surface area contributed by atoms with Crippen LogP contribution in [0.3, 0.4) is 0 Å². The molecular weight excluding hydrogens is 380 g/mol. The number of nitrogens with zero attached hydrogens (tertiary/aromatic N) is 2. The molecule has 2 aromatic heterocycles. The number of benzene rings is 1. The molecule has 3 aromatic rings. The maximum atomic E-state index is 13.8. The second-order valence-corrected chi connectivity index (χ2v) is 6.88. The zero-order valence-corrected chi connectivity index (χ0v) is 15.9. The third-order valence-corrected chi connectivity index (χ3v) is 4.82. The second kappa shape index (κ2) is 8.38. The molecule has 6 nitrogen and oxygen atoms in total. The second-order valence-electron chi connectivity index (χ2n) is 6.88. The van der Waals surface area contributed by atoms with Gasteiger partial charge in [-0.3, -0.25) is 9.59 Å². The van der Waals surface area contributed by atoms with E-state index >= 15 is 0 Å². The molecular formula is C21H21F2N3O3. The molecule has 8 heteroatoms. The quantitative estimate of drug-likeness (QED) is 0.465. The SMILES string of the molecule is CCCCc1cnc2c(c1)c(N)c(C(=O)CCc1ccc(F)cc1F)c(=O)n2O. The van der Waals surface area contributed by atoms with E-state index in [9.17, 15) is 23.6 Å². The fraction of sp³-hybridized carbons (Fsp3) is 0.286. The first-order valence-electron chi connectivity index (χ1n) is 9.33. The molecule has 0 aliphatic rings. The van der Waals surface area contributed by atoms with Crippen LogP contribution in [0.2, 0.25) is 0 Å². The van der Waals surface area contributed by atoms with E-state index < -0.39 is 23.0 Å². The Kier molecular flexibility index (Phi) is 5.91. The Morgan fingerprint density at radius 2 is 2.00 bits per heavy atom. The van der Waals surface area contributed by atoms with Gasteiger partial charge >= 0.3 is 0 Å². The molecule has 152 valence electrons. The summed E-state index contributed by atoms with van der Waals surface area (Å²) in [6, 6.07) is 4.78. The van der Waals surface area contributed by atoms with Gasteiger partial charge in [-0.25, -0.2) is 13.8 Å². The molecule has 0 saturated heterocycles. The first-order chi connectivity index (χ1) is 13.8. The van der Waals surface area contributed by atoms with Crippen molar-refractivity contribution in [1.29, 1.82) is 0 Å². The molecule has 0 aliphatic carbocycles. The molecule has 0 unspecified atom stereocenters. The van der Waals surface area contributed by atoms with Crippen LogP contribution in [0.25, 0.3) is 11.0 Å². The van der Waals surface area contributed by atoms with Crippen LogP contribution >= 0.6 is 0 Å². The number of carbonyl (C=O) groups is 1. The number of carbonyl (C=O) groups excluding carboxylic acids is 1. The lowest BCUT2D eigenvalue weighted by Gasteiger charge is -2.12. The third kappa shape index (κ3) is 4.11. The molecule has 0 radical (unpaired) electrons. The van der Waals surface area contributed by atoms with Crippen LogP contribution in [-0.4, -0.2) is 20.7 Å². The van der Waals surface area contributed by atoms with Crippen LogP contribution in [0.5, 0.6) is 0 Å². The van der Waals surface area contributed by atoms with Crippen molar-refractivity contribution in [2.24, 2.45) is 0 Å². The highest BCUT2D eigenvalue weighted by atomic mass is 19.1. The molecule has 3 rings (SSSR count). The van der Waals surface area contributed by atoms with E-state index in [1.807, 2.05) is 0 Å². The summed E-state index contributed by atoms with van der Waals surface area (Å²) < 4.78 is 27.1. The van der Waals surface area contributed by atoms with Gasteiger partial charge in [0, 0.05) is 24.1 Å². The fourth-order valence-corrected chi connectivity index (χ4v) is 3.20. The van der Waals surface area contributed by atoms with Crippen LogP contribution in [0, 0.1) is 11.6 Å². The summed E-state index contributed by atoms with van der Waals surface area (Å²) in [5, 5.41) is 10.5. The summed E-state index contributed by atoms with van der Waals surface area (Å²) >= 11 is 0. The molecule has 2 heterocycles. The van der Waals surface area contributed by atoms with Crippen LogP contribution in [0.4, 0.5) is 14.5 Å². The number of halogens is 2. The molecule has 3 N–H and O–H groups in total. The topological polar surface area (TPSA) is 98.2 Å². The van der Waals surface area contributed by atoms with Gasteiger partial charge in [0.1, 0.15) is 17.2 Å². The van der Waals surface area contributed by atoms with E-state index in [2.05, 4.69) is 11.9 Å². The molecule has 0 spiro atoms. The number of unbranched alkanes of at least 4 members (excludes halogenated alkanes) is 1. The van der Waals surface area contributed by atoms with Crippen molar-refractivity contribution in [2.45, 2.75) is 39.0 Å². The normalized spacial score (nSPS) is 11.1. The van der Waals surface area contributed by atoms with Crippen molar-refractivity contribution in [3.05, 3.63) is 69.1 Å². The Bertz CT molecular complexity index is 1140. The van der Waals surface area contributed by atoms with Crippen molar-refractivity contribution in [1.82, 2.24) is 9.71 Å². The highest BCUT2D eigenvalue weighted by Gasteiger charge is 2.22. The molecule has 0 atom stereocenters. The maximum absolute atomic E-state index is 13.8. The Labute approximate surface area is 165 Å². The van der Waals surface area contributed by atoms with E-state index in [0.29, 0.717) is 10.1 Å². The highest BCUT2D eigenvalue weighted by molar-refractivity contribution is 6.06. The highest BCUT2D eigenvalue weighted by Crippen LogP contribution is 2.24. The fourth-order valence-electron chi connectivity index (χ4n) is 3.20. The largest absolute Gasteiger partial charge is 0.423 e. The number of aryl methyl sites for hydroxylation is 2. The van der Waals surface area contributed by atoms with Gasteiger partial charge in [-0.05, 0) is 42.5 Å². The first kappa shape index (κ1) is 20.4. The molecule has 0 saturated carbocycles. The Hall–Kier alpha value is -3.29. The number of hydrogen-bond donors (Lipinski definition) is 2. The van der Waals surface area contributed by atoms with E-state index in [1.165, 1.54) is 6.07 Å². The predicted octanol–water partition coefficient (Wildman–Crippen LogP) is 3.65. The van der Waals surface area contributed by atoms with Gasteiger partial charge < -0.3 is 10.9 Å². The summed E-state index contributed by atoms with van der Waals surface area (Å²) in [7, 11) is 0.